The molecule has 2 N–H and O–H groups in total. The molecule has 2 bridgehead atoms. The number of aliphatic hydroxyl groups is 2. The summed E-state index contributed by atoms with van der Waals surface area (Å²) in [7, 11) is -3.51. The maximum absolute atomic E-state index is 14.3. The van der Waals surface area contributed by atoms with E-state index in [-0.39, 0.29) is 18.2 Å². The summed E-state index contributed by atoms with van der Waals surface area (Å²) in [5.41, 5.74) is 1.70. The molecule has 8 heteroatoms. The summed E-state index contributed by atoms with van der Waals surface area (Å²) in [5, 5.41) is 24.4. The molecule has 1 fully saturated rings. The highest BCUT2D eigenvalue weighted by molar-refractivity contribution is 7.88. The summed E-state index contributed by atoms with van der Waals surface area (Å²) in [4.78, 5) is 15.0. The number of carbonyl (C=O) groups is 1. The van der Waals surface area contributed by atoms with Crippen molar-refractivity contribution < 1.29 is 23.4 Å². The Labute approximate surface area is 260 Å². The molecular weight excluding hydrogens is 579 g/mol. The number of fused-ring (bicyclic) bond motifs is 9. The number of hydrogen-bond acceptors (Lipinski definition) is 6. The quantitative estimate of drug-likeness (QED) is 0.222. The van der Waals surface area contributed by atoms with Crippen molar-refractivity contribution in [1.82, 2.24) is 4.31 Å². The number of thiophene rings is 1. The van der Waals surface area contributed by atoms with Crippen LogP contribution in [0, 0.1) is 5.41 Å². The van der Waals surface area contributed by atoms with Gasteiger partial charge in [0.05, 0.1) is 22.8 Å². The van der Waals surface area contributed by atoms with E-state index in [9.17, 15) is 23.4 Å². The molecule has 0 saturated heterocycles. The minimum Gasteiger partial charge on any atom is -0.393 e. The van der Waals surface area contributed by atoms with Crippen molar-refractivity contribution in [1.29, 1.82) is 0 Å². The number of rotatable bonds is 7. The van der Waals surface area contributed by atoms with Crippen LogP contribution in [0.5, 0.6) is 0 Å². The molecule has 3 aliphatic carbocycles. The molecule has 43 heavy (non-hydrogen) atoms. The van der Waals surface area contributed by atoms with Crippen LogP contribution in [0.25, 0.3) is 10.1 Å². The predicted molar refractivity (Wildman–Crippen MR) is 175 cm³/mol. The minimum atomic E-state index is -3.51. The van der Waals surface area contributed by atoms with Crippen LogP contribution in [0.4, 0.5) is 0 Å². The maximum atomic E-state index is 14.3. The number of sulfonamides is 1. The Hall–Kier alpha value is -2.36. The van der Waals surface area contributed by atoms with Crippen LogP contribution in [0.2, 0.25) is 0 Å². The van der Waals surface area contributed by atoms with Crippen molar-refractivity contribution in [3.8, 4) is 0 Å². The molecule has 232 valence electrons. The minimum absolute atomic E-state index is 0.0409. The van der Waals surface area contributed by atoms with Crippen LogP contribution in [0.3, 0.4) is 0 Å². The second-order valence-electron chi connectivity index (χ2n) is 13.0. The smallest absolute Gasteiger partial charge is 0.211 e. The highest BCUT2D eigenvalue weighted by Crippen LogP contribution is 2.59. The van der Waals surface area contributed by atoms with Crippen LogP contribution in [0.1, 0.15) is 98.0 Å². The van der Waals surface area contributed by atoms with E-state index in [2.05, 4.69) is 19.9 Å². The largest absolute Gasteiger partial charge is 0.393 e. The zero-order chi connectivity index (χ0) is 31.0. The van der Waals surface area contributed by atoms with E-state index >= 15 is 0 Å². The van der Waals surface area contributed by atoms with Crippen molar-refractivity contribution in [2.45, 2.75) is 89.8 Å². The zero-order valence-corrected chi connectivity index (χ0v) is 27.4. The topological polar surface area (TPSA) is 94.9 Å². The average molecular weight is 624 g/mol. The van der Waals surface area contributed by atoms with Gasteiger partial charge < -0.3 is 10.2 Å². The molecule has 0 aliphatic heterocycles. The zero-order valence-electron chi connectivity index (χ0n) is 25.8. The fraction of sp³-hybridized carbons (Fsp3) is 0.514. The van der Waals surface area contributed by atoms with Crippen LogP contribution in [-0.2, 0) is 16.4 Å². The Kier molecular flexibility index (Phi) is 9.36. The van der Waals surface area contributed by atoms with Gasteiger partial charge in [-0.05, 0) is 98.9 Å². The molecule has 6 rings (SSSR count). The van der Waals surface area contributed by atoms with Crippen LogP contribution < -0.4 is 0 Å². The fourth-order valence-corrected chi connectivity index (χ4v) is 9.31. The first-order valence-electron chi connectivity index (χ1n) is 15.5. The number of nitrogens with zero attached hydrogens (tertiary/aromatic N) is 1. The molecule has 1 saturated carbocycles. The monoisotopic (exact) mass is 623 g/mol. The molecule has 0 spiro atoms. The van der Waals surface area contributed by atoms with Gasteiger partial charge >= 0.3 is 0 Å². The van der Waals surface area contributed by atoms with Crippen LogP contribution in [0.15, 0.2) is 60.2 Å². The summed E-state index contributed by atoms with van der Waals surface area (Å²) < 4.78 is 28.0. The molecule has 4 atom stereocenters. The summed E-state index contributed by atoms with van der Waals surface area (Å²) in [6.07, 6.45) is 7.91. The van der Waals surface area contributed by atoms with Crippen LogP contribution in [-0.4, -0.2) is 59.8 Å². The lowest BCUT2D eigenvalue weighted by molar-refractivity contribution is -0.0723. The second-order valence-corrected chi connectivity index (χ2v) is 16.1. The SMILES string of the molecule is CCCN(C[C@]1(O)CC[C@H]2c3ccc(cc3C(=O)c3cc4ccccc4s3)C[C@@H](O)CCC(C)=CCC[C@@]21C)S(C)(=O)=O. The number of ketones is 1. The third kappa shape index (κ3) is 6.54. The van der Waals surface area contributed by atoms with E-state index in [0.717, 1.165) is 34.1 Å². The average Bonchev–Trinajstić information content (AvgIpc) is 3.49. The second kappa shape index (κ2) is 12.6. The Balaban J connectivity index is 1.64. The lowest BCUT2D eigenvalue weighted by Crippen LogP contribution is -2.53. The Morgan fingerprint density at radius 1 is 1.12 bits per heavy atom. The normalized spacial score (nSPS) is 26.8. The first-order valence-corrected chi connectivity index (χ1v) is 18.2. The van der Waals surface area contributed by atoms with Gasteiger partial charge in [0.25, 0.3) is 0 Å². The number of aliphatic hydroxyl groups excluding tert-OH is 1. The standard InChI is InChI=1S/C35H45NO5S2/c1-5-19-36(43(4,40)41)23-35(39)18-16-30-28-15-13-25(20-27(37)14-12-24(2)9-8-17-34(30,35)3)21-29(28)33(38)32-22-26-10-6-7-11-31(26)42-32/h6-7,9-11,13,15,21-22,27,30,37,39H,5,8,12,14,16-20,23H2,1-4H3/t27-,30-,34-,35+/m0/s1. The van der Waals surface area contributed by atoms with E-state index in [1.807, 2.05) is 55.5 Å². The number of carbonyl (C=O) groups excluding carboxylic acids is 1. The van der Waals surface area contributed by atoms with E-state index in [1.165, 1.54) is 27.5 Å². The van der Waals surface area contributed by atoms with E-state index < -0.39 is 27.1 Å². The molecule has 0 radical (unpaired) electrons. The van der Waals surface area contributed by atoms with Gasteiger partial charge in [0.2, 0.25) is 15.8 Å². The molecule has 3 aliphatic rings. The molecule has 3 aromatic rings. The van der Waals surface area contributed by atoms with Crippen molar-refractivity contribution in [3.63, 3.8) is 0 Å². The van der Waals surface area contributed by atoms with Gasteiger partial charge in [0.15, 0.2) is 0 Å². The molecular formula is C35H45NO5S2. The van der Waals surface area contributed by atoms with E-state index in [4.69, 9.17) is 0 Å². The van der Waals surface area contributed by atoms with E-state index in [1.54, 1.807) is 0 Å². The third-order valence-corrected chi connectivity index (χ3v) is 12.3. The molecule has 6 nitrogen and oxygen atoms in total. The molecule has 1 heterocycles. The summed E-state index contributed by atoms with van der Waals surface area (Å²) in [6, 6.07) is 16.0. The van der Waals surface area contributed by atoms with Crippen molar-refractivity contribution in [2.24, 2.45) is 5.41 Å². The highest BCUT2D eigenvalue weighted by Gasteiger charge is 2.57. The number of allylic oxidation sites excluding steroid dienone is 2. The first kappa shape index (κ1) is 32.0. The van der Waals surface area contributed by atoms with Crippen molar-refractivity contribution in [3.05, 3.63) is 81.7 Å². The summed E-state index contributed by atoms with van der Waals surface area (Å²) in [6.45, 7) is 6.52. The molecule has 0 unspecified atom stereocenters. The Bertz CT molecular complexity index is 1590. The van der Waals surface area contributed by atoms with E-state index in [0.29, 0.717) is 55.5 Å². The lowest BCUT2D eigenvalue weighted by atomic mass is 9.65. The molecule has 1 aromatic heterocycles. The van der Waals surface area contributed by atoms with Gasteiger partial charge in [-0.25, -0.2) is 8.42 Å². The molecule has 0 amide bonds. The lowest BCUT2D eigenvalue weighted by Gasteiger charge is -2.45. The van der Waals surface area contributed by atoms with Crippen LogP contribution >= 0.6 is 11.3 Å². The fourth-order valence-electron chi connectivity index (χ4n) is 7.33. The van der Waals surface area contributed by atoms with Gasteiger partial charge in [0, 0.05) is 28.8 Å². The number of hydrogen-bond donors (Lipinski definition) is 2. The van der Waals surface area contributed by atoms with Gasteiger partial charge in [-0.15, -0.1) is 11.3 Å². The maximum Gasteiger partial charge on any atom is 0.211 e. The van der Waals surface area contributed by atoms with Gasteiger partial charge in [0.1, 0.15) is 0 Å². The Morgan fingerprint density at radius 2 is 1.88 bits per heavy atom. The summed E-state index contributed by atoms with van der Waals surface area (Å²) in [5.74, 6) is -0.193. The Morgan fingerprint density at radius 3 is 2.60 bits per heavy atom. The van der Waals surface area contributed by atoms with Gasteiger partial charge in [-0.3, -0.25) is 4.79 Å². The summed E-state index contributed by atoms with van der Waals surface area (Å²) >= 11 is 1.49. The third-order valence-electron chi connectivity index (χ3n) is 9.95. The molecule has 2 aromatic carbocycles. The predicted octanol–water partition coefficient (Wildman–Crippen LogP) is 6.84. The number of benzene rings is 2. The first-order chi connectivity index (χ1) is 20.3. The van der Waals surface area contributed by atoms with Gasteiger partial charge in [-0.1, -0.05) is 55.8 Å². The van der Waals surface area contributed by atoms with Crippen molar-refractivity contribution in [2.75, 3.05) is 19.3 Å². The van der Waals surface area contributed by atoms with Crippen molar-refractivity contribution >= 4 is 37.2 Å². The highest BCUT2D eigenvalue weighted by atomic mass is 32.2. The van der Waals surface area contributed by atoms with Gasteiger partial charge in [-0.2, -0.15) is 4.31 Å².